The molecule has 1 fully saturated rings. The predicted octanol–water partition coefficient (Wildman–Crippen LogP) is 3.26. The Bertz CT molecular complexity index is 475. The fourth-order valence-corrected chi connectivity index (χ4v) is 2.91. The first kappa shape index (κ1) is 12.0. The topological polar surface area (TPSA) is 12.5 Å². The van der Waals surface area contributed by atoms with Gasteiger partial charge in [-0.15, -0.1) is 0 Å². The van der Waals surface area contributed by atoms with E-state index in [1.54, 1.807) is 12.1 Å². The molecule has 2 aliphatic heterocycles. The molecule has 1 unspecified atom stereocenters. The van der Waals surface area contributed by atoms with Gasteiger partial charge in [0.25, 0.3) is 0 Å². The molecule has 0 saturated carbocycles. The number of likely N-dealkylation sites (N-methyl/N-ethyl adjacent to an activating group) is 1. The molecular formula is C14H15ClFNO. The predicted molar refractivity (Wildman–Crippen MR) is 69.5 cm³/mol. The van der Waals surface area contributed by atoms with Crippen LogP contribution in [0.3, 0.4) is 0 Å². The Morgan fingerprint density at radius 1 is 1.28 bits per heavy atom. The zero-order valence-corrected chi connectivity index (χ0v) is 10.9. The third-order valence-corrected chi connectivity index (χ3v) is 4.09. The molecule has 0 aromatic heterocycles. The molecule has 0 spiro atoms. The number of benzene rings is 1. The average Bonchev–Trinajstić information content (AvgIpc) is 2.58. The molecule has 4 heteroatoms. The highest BCUT2D eigenvalue weighted by atomic mass is 35.5. The van der Waals surface area contributed by atoms with Gasteiger partial charge in [0.05, 0.1) is 5.02 Å². The second-order valence-corrected chi connectivity index (χ2v) is 5.38. The Balaban J connectivity index is 1.69. The fourth-order valence-electron chi connectivity index (χ4n) is 2.74. The van der Waals surface area contributed by atoms with Crippen LogP contribution in [0.15, 0.2) is 30.4 Å². The normalized spacial score (nSPS) is 30.7. The maximum Gasteiger partial charge on any atom is 0.142 e. The van der Waals surface area contributed by atoms with E-state index in [1.165, 1.54) is 6.07 Å². The van der Waals surface area contributed by atoms with Crippen LogP contribution < -0.4 is 4.74 Å². The van der Waals surface area contributed by atoms with Crippen molar-refractivity contribution >= 4 is 11.6 Å². The highest BCUT2D eigenvalue weighted by Gasteiger charge is 2.35. The summed E-state index contributed by atoms with van der Waals surface area (Å²) < 4.78 is 19.0. The van der Waals surface area contributed by atoms with Gasteiger partial charge in [0, 0.05) is 31.0 Å². The number of rotatable bonds is 2. The van der Waals surface area contributed by atoms with Crippen LogP contribution in [0.4, 0.5) is 4.39 Å². The van der Waals surface area contributed by atoms with E-state index < -0.39 is 5.82 Å². The standard InChI is InChI=1S/C14H15ClFNO/c1-17-9-2-3-10(17)7-12(6-9)18-11-4-5-14(16)13(15)8-11/h2-5,8-10,12H,6-7H2,1H3/t9-,10+,12?. The first-order valence-corrected chi connectivity index (χ1v) is 6.53. The molecule has 2 aliphatic rings. The minimum absolute atomic E-state index is 0.113. The van der Waals surface area contributed by atoms with E-state index in [1.807, 2.05) is 0 Å². The third-order valence-electron chi connectivity index (χ3n) is 3.80. The van der Waals surface area contributed by atoms with Gasteiger partial charge in [0.1, 0.15) is 17.7 Å². The summed E-state index contributed by atoms with van der Waals surface area (Å²) in [7, 11) is 2.14. The van der Waals surface area contributed by atoms with Crippen molar-refractivity contribution in [3.05, 3.63) is 41.2 Å². The number of ether oxygens (including phenoxy) is 1. The van der Waals surface area contributed by atoms with Crippen molar-refractivity contribution in [2.24, 2.45) is 0 Å². The number of piperidine rings is 1. The molecule has 2 heterocycles. The zero-order chi connectivity index (χ0) is 12.7. The molecule has 2 bridgehead atoms. The van der Waals surface area contributed by atoms with Crippen molar-refractivity contribution in [2.75, 3.05) is 7.05 Å². The second kappa shape index (κ2) is 4.56. The highest BCUT2D eigenvalue weighted by Crippen LogP contribution is 2.32. The van der Waals surface area contributed by atoms with Gasteiger partial charge in [-0.25, -0.2) is 4.39 Å². The van der Waals surface area contributed by atoms with Crippen LogP contribution in [0.25, 0.3) is 0 Å². The van der Waals surface area contributed by atoms with E-state index >= 15 is 0 Å². The minimum atomic E-state index is -0.408. The summed E-state index contributed by atoms with van der Waals surface area (Å²) in [5, 5.41) is 0.113. The molecule has 1 aromatic rings. The van der Waals surface area contributed by atoms with E-state index in [4.69, 9.17) is 16.3 Å². The SMILES string of the molecule is CN1[C@@H]2C=C[C@H]1CC(Oc1ccc(F)c(Cl)c1)C2. The van der Waals surface area contributed by atoms with Crippen LogP contribution >= 0.6 is 11.6 Å². The number of nitrogens with zero attached hydrogens (tertiary/aromatic N) is 1. The van der Waals surface area contributed by atoms with Gasteiger partial charge < -0.3 is 4.74 Å². The lowest BCUT2D eigenvalue weighted by atomic mass is 9.99. The summed E-state index contributed by atoms with van der Waals surface area (Å²) in [6.07, 6.45) is 6.60. The van der Waals surface area contributed by atoms with Gasteiger partial charge in [-0.05, 0) is 19.2 Å². The first-order chi connectivity index (χ1) is 8.63. The van der Waals surface area contributed by atoms with E-state index in [0.717, 1.165) is 12.8 Å². The summed E-state index contributed by atoms with van der Waals surface area (Å²) in [6, 6.07) is 5.45. The second-order valence-electron chi connectivity index (χ2n) is 4.97. The lowest BCUT2D eigenvalue weighted by molar-refractivity contribution is 0.0751. The van der Waals surface area contributed by atoms with Crippen molar-refractivity contribution in [3.63, 3.8) is 0 Å². The Hall–Kier alpha value is -1.06. The first-order valence-electron chi connectivity index (χ1n) is 6.15. The minimum Gasteiger partial charge on any atom is -0.490 e. The maximum absolute atomic E-state index is 13.1. The van der Waals surface area contributed by atoms with Gasteiger partial charge >= 0.3 is 0 Å². The molecule has 0 amide bonds. The van der Waals surface area contributed by atoms with Crippen LogP contribution in [0.1, 0.15) is 12.8 Å². The summed E-state index contributed by atoms with van der Waals surface area (Å²) in [4.78, 5) is 2.36. The smallest absolute Gasteiger partial charge is 0.142 e. The van der Waals surface area contributed by atoms with E-state index in [2.05, 4.69) is 24.1 Å². The summed E-state index contributed by atoms with van der Waals surface area (Å²) >= 11 is 5.75. The molecule has 3 rings (SSSR count). The molecule has 0 N–H and O–H groups in total. The van der Waals surface area contributed by atoms with Crippen LogP contribution in [0.2, 0.25) is 5.02 Å². The van der Waals surface area contributed by atoms with Crippen LogP contribution in [0, 0.1) is 5.82 Å². The van der Waals surface area contributed by atoms with Crippen LogP contribution in [0.5, 0.6) is 5.75 Å². The Labute approximate surface area is 111 Å². The maximum atomic E-state index is 13.1. The Morgan fingerprint density at radius 3 is 2.56 bits per heavy atom. The number of hydrogen-bond acceptors (Lipinski definition) is 2. The van der Waals surface area contributed by atoms with E-state index in [0.29, 0.717) is 17.8 Å². The van der Waals surface area contributed by atoms with Crippen molar-refractivity contribution in [1.82, 2.24) is 4.90 Å². The lowest BCUT2D eigenvalue weighted by Gasteiger charge is -2.36. The number of hydrogen-bond donors (Lipinski definition) is 0. The van der Waals surface area contributed by atoms with Gasteiger partial charge in [0.15, 0.2) is 0 Å². The van der Waals surface area contributed by atoms with Gasteiger partial charge in [-0.2, -0.15) is 0 Å². The Morgan fingerprint density at radius 2 is 1.94 bits per heavy atom. The monoisotopic (exact) mass is 267 g/mol. The highest BCUT2D eigenvalue weighted by molar-refractivity contribution is 6.30. The zero-order valence-electron chi connectivity index (χ0n) is 10.1. The van der Waals surface area contributed by atoms with Gasteiger partial charge in [0.2, 0.25) is 0 Å². The van der Waals surface area contributed by atoms with Gasteiger partial charge in [-0.3, -0.25) is 4.90 Å². The lowest BCUT2D eigenvalue weighted by Crippen LogP contribution is -2.44. The van der Waals surface area contributed by atoms with E-state index in [9.17, 15) is 4.39 Å². The van der Waals surface area contributed by atoms with E-state index in [-0.39, 0.29) is 11.1 Å². The van der Waals surface area contributed by atoms with Crippen molar-refractivity contribution in [1.29, 1.82) is 0 Å². The average molecular weight is 268 g/mol. The fraction of sp³-hybridized carbons (Fsp3) is 0.429. The molecule has 18 heavy (non-hydrogen) atoms. The van der Waals surface area contributed by atoms with Gasteiger partial charge in [-0.1, -0.05) is 23.8 Å². The molecular weight excluding hydrogens is 253 g/mol. The van der Waals surface area contributed by atoms with Crippen LogP contribution in [-0.2, 0) is 0 Å². The summed E-state index contributed by atoms with van der Waals surface area (Å²) in [5.74, 6) is 0.240. The molecule has 1 saturated heterocycles. The molecule has 2 nitrogen and oxygen atoms in total. The summed E-state index contributed by atoms with van der Waals surface area (Å²) in [6.45, 7) is 0. The third kappa shape index (κ3) is 2.13. The van der Waals surface area contributed by atoms with Crippen molar-refractivity contribution < 1.29 is 9.13 Å². The van der Waals surface area contributed by atoms with Crippen LogP contribution in [-0.4, -0.2) is 30.1 Å². The molecule has 3 atom stereocenters. The summed E-state index contributed by atoms with van der Waals surface area (Å²) in [5.41, 5.74) is 0. The molecule has 96 valence electrons. The number of fused-ring (bicyclic) bond motifs is 2. The quantitative estimate of drug-likeness (QED) is 0.763. The molecule has 0 radical (unpaired) electrons. The van der Waals surface area contributed by atoms with Crippen molar-refractivity contribution in [3.8, 4) is 5.75 Å². The Kier molecular flexibility index (Phi) is 3.04. The van der Waals surface area contributed by atoms with Crippen molar-refractivity contribution in [2.45, 2.75) is 31.0 Å². The largest absolute Gasteiger partial charge is 0.490 e. The number of halogens is 2. The molecule has 1 aromatic carbocycles. The molecule has 0 aliphatic carbocycles.